The molecule has 0 aromatic carbocycles. The van der Waals surface area contributed by atoms with E-state index in [2.05, 4.69) is 23.7 Å². The van der Waals surface area contributed by atoms with Crippen LogP contribution in [0.4, 0.5) is 11.6 Å². The maximum absolute atomic E-state index is 6.03. The summed E-state index contributed by atoms with van der Waals surface area (Å²) in [6, 6.07) is 0.557. The first-order valence-corrected chi connectivity index (χ1v) is 7.03. The number of nitrogen functional groups attached to an aromatic ring is 1. The maximum Gasteiger partial charge on any atom is 0.137 e. The molecule has 2 rings (SSSR count). The number of aryl methyl sites for hydroxylation is 1. The van der Waals surface area contributed by atoms with Crippen molar-refractivity contribution in [1.29, 1.82) is 0 Å². The molecule has 1 fully saturated rings. The Bertz CT molecular complexity index is 417. The monoisotopic (exact) mass is 248 g/mol. The first kappa shape index (κ1) is 13.1. The molecule has 2 heterocycles. The zero-order chi connectivity index (χ0) is 13.1. The Morgan fingerprint density at radius 1 is 1.33 bits per heavy atom. The van der Waals surface area contributed by atoms with Crippen LogP contribution >= 0.6 is 0 Å². The molecule has 0 radical (unpaired) electrons. The first-order chi connectivity index (χ1) is 8.63. The summed E-state index contributed by atoms with van der Waals surface area (Å²) in [4.78, 5) is 11.5. The summed E-state index contributed by atoms with van der Waals surface area (Å²) in [6.45, 7) is 7.53. The van der Waals surface area contributed by atoms with Crippen LogP contribution < -0.4 is 10.6 Å². The number of piperidine rings is 1. The molecule has 0 saturated carbocycles. The van der Waals surface area contributed by atoms with E-state index in [1.807, 2.05) is 6.92 Å². The van der Waals surface area contributed by atoms with Crippen LogP contribution in [0.25, 0.3) is 0 Å². The van der Waals surface area contributed by atoms with Gasteiger partial charge in [0.15, 0.2) is 0 Å². The van der Waals surface area contributed by atoms with Crippen molar-refractivity contribution in [2.75, 3.05) is 17.2 Å². The van der Waals surface area contributed by atoms with Crippen molar-refractivity contribution in [2.24, 2.45) is 0 Å². The van der Waals surface area contributed by atoms with Crippen molar-refractivity contribution in [3.63, 3.8) is 0 Å². The lowest BCUT2D eigenvalue weighted by molar-refractivity contribution is 0.479. The van der Waals surface area contributed by atoms with E-state index in [1.165, 1.54) is 19.3 Å². The van der Waals surface area contributed by atoms with Crippen molar-refractivity contribution in [3.8, 4) is 0 Å². The Labute approximate surface area is 110 Å². The molecule has 1 aromatic heterocycles. The van der Waals surface area contributed by atoms with E-state index in [0.717, 1.165) is 36.6 Å². The largest absolute Gasteiger partial charge is 0.383 e. The number of anilines is 2. The lowest BCUT2D eigenvalue weighted by Gasteiger charge is -2.35. The van der Waals surface area contributed by atoms with Gasteiger partial charge in [-0.05, 0) is 39.5 Å². The molecule has 1 unspecified atom stereocenters. The molecule has 0 bridgehead atoms. The molecule has 0 spiro atoms. The van der Waals surface area contributed by atoms with Crippen LogP contribution in [0.2, 0.25) is 0 Å². The van der Waals surface area contributed by atoms with Crippen molar-refractivity contribution in [2.45, 2.75) is 58.9 Å². The van der Waals surface area contributed by atoms with Gasteiger partial charge >= 0.3 is 0 Å². The third-order valence-electron chi connectivity index (χ3n) is 3.75. The van der Waals surface area contributed by atoms with Crippen molar-refractivity contribution < 1.29 is 0 Å². The molecule has 1 atom stereocenters. The van der Waals surface area contributed by atoms with Crippen LogP contribution in [0.3, 0.4) is 0 Å². The molecule has 4 heteroatoms. The van der Waals surface area contributed by atoms with Gasteiger partial charge in [0.1, 0.15) is 17.5 Å². The summed E-state index contributed by atoms with van der Waals surface area (Å²) in [7, 11) is 0. The van der Waals surface area contributed by atoms with Gasteiger partial charge in [-0.1, -0.05) is 6.92 Å². The molecule has 4 nitrogen and oxygen atoms in total. The summed E-state index contributed by atoms with van der Waals surface area (Å²) in [5, 5.41) is 0. The highest BCUT2D eigenvalue weighted by atomic mass is 15.2. The number of hydrogen-bond acceptors (Lipinski definition) is 4. The summed E-state index contributed by atoms with van der Waals surface area (Å²) in [5.74, 6) is 2.58. The highest BCUT2D eigenvalue weighted by molar-refractivity contribution is 5.57. The molecule has 1 aliphatic rings. The van der Waals surface area contributed by atoms with Crippen molar-refractivity contribution >= 4 is 11.6 Å². The molecule has 0 aliphatic carbocycles. The fourth-order valence-electron chi connectivity index (χ4n) is 2.60. The number of aromatic nitrogens is 2. The predicted molar refractivity (Wildman–Crippen MR) is 75.8 cm³/mol. The SMILES string of the molecule is CCCc1nc(N)c(C)c(N2CCCCC2C)n1. The average Bonchev–Trinajstić information content (AvgIpc) is 2.35. The van der Waals surface area contributed by atoms with Gasteiger partial charge in [-0.15, -0.1) is 0 Å². The minimum Gasteiger partial charge on any atom is -0.383 e. The smallest absolute Gasteiger partial charge is 0.137 e. The summed E-state index contributed by atoms with van der Waals surface area (Å²) in [6.07, 6.45) is 5.76. The minimum absolute atomic E-state index is 0.557. The summed E-state index contributed by atoms with van der Waals surface area (Å²) >= 11 is 0. The Morgan fingerprint density at radius 2 is 2.11 bits per heavy atom. The number of rotatable bonds is 3. The fourth-order valence-corrected chi connectivity index (χ4v) is 2.60. The number of hydrogen-bond donors (Lipinski definition) is 1. The minimum atomic E-state index is 0.557. The molecule has 2 N–H and O–H groups in total. The predicted octanol–water partition coefficient (Wildman–Crippen LogP) is 2.70. The molecule has 0 amide bonds. The zero-order valence-electron chi connectivity index (χ0n) is 11.7. The Balaban J connectivity index is 2.35. The normalized spacial score (nSPS) is 20.2. The summed E-state index contributed by atoms with van der Waals surface area (Å²) in [5.41, 5.74) is 7.06. The van der Waals surface area contributed by atoms with E-state index in [9.17, 15) is 0 Å². The summed E-state index contributed by atoms with van der Waals surface area (Å²) < 4.78 is 0. The third kappa shape index (κ3) is 2.57. The van der Waals surface area contributed by atoms with E-state index in [4.69, 9.17) is 10.7 Å². The lowest BCUT2D eigenvalue weighted by atomic mass is 10.0. The van der Waals surface area contributed by atoms with Gasteiger partial charge < -0.3 is 10.6 Å². The zero-order valence-corrected chi connectivity index (χ0v) is 11.7. The molecule has 1 aliphatic heterocycles. The van der Waals surface area contributed by atoms with E-state index in [-0.39, 0.29) is 0 Å². The second-order valence-corrected chi connectivity index (χ2v) is 5.26. The Hall–Kier alpha value is -1.32. The first-order valence-electron chi connectivity index (χ1n) is 7.03. The third-order valence-corrected chi connectivity index (χ3v) is 3.75. The van der Waals surface area contributed by atoms with Crippen molar-refractivity contribution in [1.82, 2.24) is 9.97 Å². The molecule has 1 saturated heterocycles. The Morgan fingerprint density at radius 3 is 2.78 bits per heavy atom. The average molecular weight is 248 g/mol. The highest BCUT2D eigenvalue weighted by Gasteiger charge is 2.22. The molecular weight excluding hydrogens is 224 g/mol. The van der Waals surface area contributed by atoms with E-state index in [1.54, 1.807) is 0 Å². The van der Waals surface area contributed by atoms with Gasteiger partial charge in [0.25, 0.3) is 0 Å². The van der Waals surface area contributed by atoms with Gasteiger partial charge in [-0.2, -0.15) is 0 Å². The van der Waals surface area contributed by atoms with Crippen LogP contribution in [0.1, 0.15) is 50.9 Å². The quantitative estimate of drug-likeness (QED) is 0.893. The second-order valence-electron chi connectivity index (χ2n) is 5.26. The van der Waals surface area contributed by atoms with E-state index >= 15 is 0 Å². The van der Waals surface area contributed by atoms with Gasteiger partial charge in [-0.25, -0.2) is 9.97 Å². The van der Waals surface area contributed by atoms with Crippen LogP contribution in [0.5, 0.6) is 0 Å². The van der Waals surface area contributed by atoms with Crippen molar-refractivity contribution in [3.05, 3.63) is 11.4 Å². The molecule has 100 valence electrons. The van der Waals surface area contributed by atoms with Gasteiger partial charge in [-0.3, -0.25) is 0 Å². The Kier molecular flexibility index (Phi) is 4.04. The molecule has 1 aromatic rings. The highest BCUT2D eigenvalue weighted by Crippen LogP contribution is 2.28. The van der Waals surface area contributed by atoms with Crippen LogP contribution in [0.15, 0.2) is 0 Å². The van der Waals surface area contributed by atoms with Gasteiger partial charge in [0, 0.05) is 24.6 Å². The molecule has 18 heavy (non-hydrogen) atoms. The van der Waals surface area contributed by atoms with Gasteiger partial charge in [0.05, 0.1) is 0 Å². The molecular formula is C14H24N4. The number of nitrogens with two attached hydrogens (primary N) is 1. The van der Waals surface area contributed by atoms with Gasteiger partial charge in [0.2, 0.25) is 0 Å². The standard InChI is InChI=1S/C14H24N4/c1-4-7-12-16-13(15)11(3)14(17-12)18-9-6-5-8-10(18)2/h10H,4-9H2,1-3H3,(H2,15,16,17). The topological polar surface area (TPSA) is 55.0 Å². The van der Waals surface area contributed by atoms with E-state index < -0.39 is 0 Å². The second kappa shape index (κ2) is 5.55. The fraction of sp³-hybridized carbons (Fsp3) is 0.714. The lowest BCUT2D eigenvalue weighted by Crippen LogP contribution is -2.38. The van der Waals surface area contributed by atoms with E-state index in [0.29, 0.717) is 11.9 Å². The maximum atomic E-state index is 6.03. The number of nitrogens with zero attached hydrogens (tertiary/aromatic N) is 3. The van der Waals surface area contributed by atoms with Crippen LogP contribution in [0, 0.1) is 6.92 Å². The van der Waals surface area contributed by atoms with Crippen LogP contribution in [-0.4, -0.2) is 22.6 Å². The van der Waals surface area contributed by atoms with Crippen LogP contribution in [-0.2, 0) is 6.42 Å².